The predicted octanol–water partition coefficient (Wildman–Crippen LogP) is 1.73. The minimum absolute atomic E-state index is 0.00426. The number of hydrogen-bond acceptors (Lipinski definition) is 6. The van der Waals surface area contributed by atoms with Crippen LogP contribution in [-0.4, -0.2) is 52.1 Å². The van der Waals surface area contributed by atoms with Crippen molar-refractivity contribution in [3.8, 4) is 0 Å². The van der Waals surface area contributed by atoms with Crippen molar-refractivity contribution in [3.63, 3.8) is 0 Å². The molecular formula is C18H24N8O3. The Morgan fingerprint density at radius 2 is 1.83 bits per heavy atom. The number of aromatic nitrogens is 6. The van der Waals surface area contributed by atoms with Crippen LogP contribution in [0.4, 0.5) is 5.69 Å². The number of rotatable bonds is 6. The molecule has 0 aliphatic heterocycles. The van der Waals surface area contributed by atoms with Crippen molar-refractivity contribution >= 4 is 11.6 Å². The van der Waals surface area contributed by atoms with Gasteiger partial charge in [-0.1, -0.05) is 0 Å². The van der Waals surface area contributed by atoms with Crippen molar-refractivity contribution in [2.75, 3.05) is 7.05 Å². The standard InChI is InChI=1S/C18H24N8O3/c1-11-15(13(3)23(6)19-11)9-22(5)18(27)16-7-8-24(21-16)10-25-14(4)17(26(28)29)12(2)20-25/h7-8H,9-10H2,1-6H3. The first-order valence-corrected chi connectivity index (χ1v) is 9.06. The molecule has 3 aromatic rings. The summed E-state index contributed by atoms with van der Waals surface area (Å²) in [4.78, 5) is 25.1. The van der Waals surface area contributed by atoms with Crippen LogP contribution < -0.4 is 0 Å². The van der Waals surface area contributed by atoms with Crippen molar-refractivity contribution in [3.05, 3.63) is 56.4 Å². The Kier molecular flexibility index (Phi) is 5.23. The number of aryl methyl sites for hydroxylation is 3. The summed E-state index contributed by atoms with van der Waals surface area (Å²) in [5.41, 5.74) is 3.99. The lowest BCUT2D eigenvalue weighted by atomic mass is 10.2. The Balaban J connectivity index is 1.75. The molecule has 0 aromatic carbocycles. The maximum absolute atomic E-state index is 12.8. The van der Waals surface area contributed by atoms with Crippen LogP contribution in [0.15, 0.2) is 12.3 Å². The summed E-state index contributed by atoms with van der Waals surface area (Å²) in [6.45, 7) is 7.73. The summed E-state index contributed by atoms with van der Waals surface area (Å²) in [5, 5.41) is 24.0. The SMILES string of the molecule is Cc1nn(C)c(C)c1CN(C)C(=O)c1ccn(Cn2nc(C)c([N+](=O)[O-])c2C)n1. The van der Waals surface area contributed by atoms with E-state index in [0.29, 0.717) is 23.6 Å². The smallest absolute Gasteiger partial charge is 0.312 e. The molecule has 3 heterocycles. The molecule has 0 spiro atoms. The van der Waals surface area contributed by atoms with Gasteiger partial charge < -0.3 is 4.90 Å². The molecule has 0 saturated heterocycles. The molecule has 3 aromatic heterocycles. The van der Waals surface area contributed by atoms with Gasteiger partial charge in [0.1, 0.15) is 23.8 Å². The second kappa shape index (κ2) is 7.49. The predicted molar refractivity (Wildman–Crippen MR) is 104 cm³/mol. The molecule has 29 heavy (non-hydrogen) atoms. The number of carbonyl (C=O) groups is 1. The first kappa shape index (κ1) is 20.2. The molecule has 11 nitrogen and oxygen atoms in total. The number of amides is 1. The molecule has 0 aliphatic carbocycles. The molecule has 0 fully saturated rings. The van der Waals surface area contributed by atoms with Crippen LogP contribution in [-0.2, 0) is 20.3 Å². The van der Waals surface area contributed by atoms with Gasteiger partial charge in [-0.2, -0.15) is 15.3 Å². The van der Waals surface area contributed by atoms with Crippen LogP contribution >= 0.6 is 0 Å². The topological polar surface area (TPSA) is 117 Å². The van der Waals surface area contributed by atoms with E-state index in [4.69, 9.17) is 0 Å². The Labute approximate surface area is 167 Å². The molecule has 0 unspecified atom stereocenters. The van der Waals surface area contributed by atoms with Gasteiger partial charge in [0, 0.05) is 38.1 Å². The van der Waals surface area contributed by atoms with Crippen LogP contribution in [0.2, 0.25) is 0 Å². The molecular weight excluding hydrogens is 376 g/mol. The van der Waals surface area contributed by atoms with E-state index >= 15 is 0 Å². The lowest BCUT2D eigenvalue weighted by Crippen LogP contribution is -2.27. The second-order valence-electron chi connectivity index (χ2n) is 7.09. The van der Waals surface area contributed by atoms with Gasteiger partial charge in [0.15, 0.2) is 0 Å². The van der Waals surface area contributed by atoms with E-state index in [-0.39, 0.29) is 18.3 Å². The lowest BCUT2D eigenvalue weighted by molar-refractivity contribution is -0.386. The first-order valence-electron chi connectivity index (χ1n) is 9.06. The van der Waals surface area contributed by atoms with Crippen LogP contribution in [0.5, 0.6) is 0 Å². The monoisotopic (exact) mass is 400 g/mol. The fourth-order valence-corrected chi connectivity index (χ4v) is 3.33. The third kappa shape index (κ3) is 3.75. The van der Waals surface area contributed by atoms with Crippen molar-refractivity contribution in [1.82, 2.24) is 34.2 Å². The maximum atomic E-state index is 12.8. The summed E-state index contributed by atoms with van der Waals surface area (Å²) < 4.78 is 4.83. The van der Waals surface area contributed by atoms with Gasteiger partial charge in [0.25, 0.3) is 5.91 Å². The zero-order valence-corrected chi connectivity index (χ0v) is 17.4. The van der Waals surface area contributed by atoms with E-state index in [0.717, 1.165) is 17.0 Å². The van der Waals surface area contributed by atoms with E-state index in [9.17, 15) is 14.9 Å². The second-order valence-corrected chi connectivity index (χ2v) is 7.09. The third-order valence-electron chi connectivity index (χ3n) is 5.07. The van der Waals surface area contributed by atoms with Crippen LogP contribution in [0.1, 0.15) is 38.8 Å². The van der Waals surface area contributed by atoms with Gasteiger partial charge in [-0.3, -0.25) is 24.3 Å². The molecule has 3 rings (SSSR count). The molecule has 0 radical (unpaired) electrons. The van der Waals surface area contributed by atoms with Gasteiger partial charge in [-0.05, 0) is 33.8 Å². The number of nitro groups is 1. The molecule has 0 saturated carbocycles. The summed E-state index contributed by atoms with van der Waals surface area (Å²) >= 11 is 0. The molecule has 0 bridgehead atoms. The van der Waals surface area contributed by atoms with Gasteiger partial charge in [0.05, 0.1) is 10.6 Å². The molecule has 0 aliphatic rings. The quantitative estimate of drug-likeness (QED) is 0.459. The number of carbonyl (C=O) groups excluding carboxylic acids is 1. The van der Waals surface area contributed by atoms with Gasteiger partial charge in [-0.15, -0.1) is 0 Å². The van der Waals surface area contributed by atoms with Crippen LogP contribution in [0, 0.1) is 37.8 Å². The molecule has 1 amide bonds. The summed E-state index contributed by atoms with van der Waals surface area (Å²) in [7, 11) is 3.59. The minimum Gasteiger partial charge on any atom is -0.336 e. The van der Waals surface area contributed by atoms with Crippen molar-refractivity contribution in [2.24, 2.45) is 7.05 Å². The van der Waals surface area contributed by atoms with Crippen molar-refractivity contribution in [1.29, 1.82) is 0 Å². The highest BCUT2D eigenvalue weighted by Gasteiger charge is 2.23. The van der Waals surface area contributed by atoms with E-state index in [1.54, 1.807) is 42.7 Å². The summed E-state index contributed by atoms with van der Waals surface area (Å²) in [5.74, 6) is -0.217. The van der Waals surface area contributed by atoms with Gasteiger partial charge >= 0.3 is 5.69 Å². The fourth-order valence-electron chi connectivity index (χ4n) is 3.33. The largest absolute Gasteiger partial charge is 0.336 e. The number of hydrogen-bond donors (Lipinski definition) is 0. The Hall–Kier alpha value is -3.50. The van der Waals surface area contributed by atoms with Crippen molar-refractivity contribution < 1.29 is 9.72 Å². The Bertz CT molecular complexity index is 1090. The molecule has 0 atom stereocenters. The zero-order valence-electron chi connectivity index (χ0n) is 17.4. The molecule has 0 N–H and O–H groups in total. The van der Waals surface area contributed by atoms with Crippen molar-refractivity contribution in [2.45, 2.75) is 40.9 Å². The fraction of sp³-hybridized carbons (Fsp3) is 0.444. The van der Waals surface area contributed by atoms with E-state index in [1.165, 1.54) is 9.36 Å². The molecule has 11 heteroatoms. The van der Waals surface area contributed by atoms with Gasteiger partial charge in [0.2, 0.25) is 0 Å². The number of nitrogens with zero attached hydrogens (tertiary/aromatic N) is 8. The first-order chi connectivity index (χ1) is 13.6. The van der Waals surface area contributed by atoms with E-state index in [1.807, 2.05) is 20.9 Å². The minimum atomic E-state index is -0.441. The average Bonchev–Trinajstić information content (AvgIpc) is 3.28. The Morgan fingerprint density at radius 3 is 2.38 bits per heavy atom. The maximum Gasteiger partial charge on any atom is 0.312 e. The van der Waals surface area contributed by atoms with E-state index in [2.05, 4.69) is 15.3 Å². The summed E-state index contributed by atoms with van der Waals surface area (Å²) in [6.07, 6.45) is 1.66. The van der Waals surface area contributed by atoms with Crippen LogP contribution in [0.3, 0.4) is 0 Å². The normalized spacial score (nSPS) is 11.1. The molecule has 154 valence electrons. The third-order valence-corrected chi connectivity index (χ3v) is 5.07. The summed E-state index contributed by atoms with van der Waals surface area (Å²) in [6, 6.07) is 1.63. The highest BCUT2D eigenvalue weighted by molar-refractivity contribution is 5.92. The van der Waals surface area contributed by atoms with Crippen LogP contribution in [0.25, 0.3) is 0 Å². The average molecular weight is 400 g/mol. The van der Waals surface area contributed by atoms with Gasteiger partial charge in [-0.25, -0.2) is 4.68 Å². The highest BCUT2D eigenvalue weighted by Crippen LogP contribution is 2.21. The Morgan fingerprint density at radius 1 is 1.14 bits per heavy atom. The lowest BCUT2D eigenvalue weighted by Gasteiger charge is -2.16. The zero-order chi connectivity index (χ0) is 21.5. The highest BCUT2D eigenvalue weighted by atomic mass is 16.6. The van der Waals surface area contributed by atoms with E-state index < -0.39 is 4.92 Å².